The fourth-order valence-electron chi connectivity index (χ4n) is 2.46. The number of hydrogen-bond donors (Lipinski definition) is 0. The number of hydrogen-bond acceptors (Lipinski definition) is 2. The van der Waals surface area contributed by atoms with E-state index in [2.05, 4.69) is 6.92 Å². The second kappa shape index (κ2) is 6.59. The number of piperazine rings is 1. The van der Waals surface area contributed by atoms with Crippen molar-refractivity contribution in [2.75, 3.05) is 26.2 Å². The van der Waals surface area contributed by atoms with Gasteiger partial charge in [-0.2, -0.15) is 0 Å². The van der Waals surface area contributed by atoms with Gasteiger partial charge < -0.3 is 14.4 Å². The predicted octanol–water partition coefficient (Wildman–Crippen LogP) is 1.50. The molecule has 0 aliphatic carbocycles. The van der Waals surface area contributed by atoms with Crippen molar-refractivity contribution >= 4 is 11.8 Å². The summed E-state index contributed by atoms with van der Waals surface area (Å²) >= 11 is 0. The third kappa shape index (κ3) is 3.40. The molecular weight excluding hydrogens is 254 g/mol. The SMILES string of the molecule is CCCCC(=O)N1CCN(C(=O)c2ccn(C)c2)CC1. The molecule has 1 saturated heterocycles. The third-order valence-electron chi connectivity index (χ3n) is 3.74. The molecule has 0 N–H and O–H groups in total. The Kier molecular flexibility index (Phi) is 4.82. The third-order valence-corrected chi connectivity index (χ3v) is 3.74. The van der Waals surface area contributed by atoms with Gasteiger partial charge in [-0.3, -0.25) is 9.59 Å². The summed E-state index contributed by atoms with van der Waals surface area (Å²) in [4.78, 5) is 27.9. The average molecular weight is 277 g/mol. The van der Waals surface area contributed by atoms with E-state index in [-0.39, 0.29) is 11.8 Å². The minimum absolute atomic E-state index is 0.0613. The Morgan fingerprint density at radius 2 is 1.80 bits per heavy atom. The molecule has 0 atom stereocenters. The first kappa shape index (κ1) is 14.6. The topological polar surface area (TPSA) is 45.6 Å². The molecule has 2 amide bonds. The van der Waals surface area contributed by atoms with E-state index in [4.69, 9.17) is 0 Å². The highest BCUT2D eigenvalue weighted by Gasteiger charge is 2.24. The number of aryl methyl sites for hydroxylation is 1. The van der Waals surface area contributed by atoms with Crippen LogP contribution in [-0.4, -0.2) is 52.4 Å². The van der Waals surface area contributed by atoms with Gasteiger partial charge in [0.05, 0.1) is 5.56 Å². The molecule has 0 spiro atoms. The molecule has 0 bridgehead atoms. The molecule has 0 aromatic carbocycles. The average Bonchev–Trinajstić information content (AvgIpc) is 2.90. The molecule has 20 heavy (non-hydrogen) atoms. The summed E-state index contributed by atoms with van der Waals surface area (Å²) in [6.07, 6.45) is 6.32. The van der Waals surface area contributed by atoms with Gasteiger partial charge in [0, 0.05) is 52.0 Å². The molecule has 1 aliphatic rings. The summed E-state index contributed by atoms with van der Waals surface area (Å²) in [6.45, 7) is 4.66. The van der Waals surface area contributed by atoms with Crippen molar-refractivity contribution in [3.05, 3.63) is 24.0 Å². The predicted molar refractivity (Wildman–Crippen MR) is 77.4 cm³/mol. The molecule has 110 valence electrons. The van der Waals surface area contributed by atoms with Crippen molar-refractivity contribution in [2.24, 2.45) is 7.05 Å². The smallest absolute Gasteiger partial charge is 0.255 e. The first-order valence-corrected chi connectivity index (χ1v) is 7.31. The largest absolute Gasteiger partial charge is 0.356 e. The molecule has 1 aromatic heterocycles. The molecule has 1 fully saturated rings. The van der Waals surface area contributed by atoms with Crippen molar-refractivity contribution in [3.8, 4) is 0 Å². The van der Waals surface area contributed by atoms with Crippen LogP contribution in [0.25, 0.3) is 0 Å². The lowest BCUT2D eigenvalue weighted by atomic mass is 10.2. The van der Waals surface area contributed by atoms with Crippen molar-refractivity contribution in [2.45, 2.75) is 26.2 Å². The lowest BCUT2D eigenvalue weighted by Crippen LogP contribution is -2.50. The highest BCUT2D eigenvalue weighted by atomic mass is 16.2. The fraction of sp³-hybridized carbons (Fsp3) is 0.600. The number of carbonyl (C=O) groups excluding carboxylic acids is 2. The van der Waals surface area contributed by atoms with Crippen LogP contribution in [0.4, 0.5) is 0 Å². The van der Waals surface area contributed by atoms with Crippen LogP contribution in [0.15, 0.2) is 18.5 Å². The quantitative estimate of drug-likeness (QED) is 0.837. The van der Waals surface area contributed by atoms with E-state index >= 15 is 0 Å². The molecule has 0 unspecified atom stereocenters. The first-order valence-electron chi connectivity index (χ1n) is 7.31. The van der Waals surface area contributed by atoms with Gasteiger partial charge in [-0.05, 0) is 12.5 Å². The molecule has 1 aromatic rings. The molecular formula is C15H23N3O2. The van der Waals surface area contributed by atoms with Crippen LogP contribution >= 0.6 is 0 Å². The number of rotatable bonds is 4. The van der Waals surface area contributed by atoms with E-state index in [9.17, 15) is 9.59 Å². The number of aromatic nitrogens is 1. The van der Waals surface area contributed by atoms with Crippen molar-refractivity contribution < 1.29 is 9.59 Å². The van der Waals surface area contributed by atoms with Gasteiger partial charge in [0.2, 0.25) is 5.91 Å². The van der Waals surface area contributed by atoms with Gasteiger partial charge in [-0.1, -0.05) is 13.3 Å². The van der Waals surface area contributed by atoms with Crippen molar-refractivity contribution in [3.63, 3.8) is 0 Å². The Balaban J connectivity index is 1.85. The second-order valence-electron chi connectivity index (χ2n) is 5.34. The fourth-order valence-corrected chi connectivity index (χ4v) is 2.46. The van der Waals surface area contributed by atoms with Gasteiger partial charge in [0.15, 0.2) is 0 Å². The minimum Gasteiger partial charge on any atom is -0.356 e. The van der Waals surface area contributed by atoms with Crippen molar-refractivity contribution in [1.82, 2.24) is 14.4 Å². The van der Waals surface area contributed by atoms with Crippen LogP contribution in [0.2, 0.25) is 0 Å². The maximum atomic E-state index is 12.3. The zero-order valence-corrected chi connectivity index (χ0v) is 12.3. The molecule has 0 radical (unpaired) electrons. The molecule has 0 saturated carbocycles. The summed E-state index contributed by atoms with van der Waals surface area (Å²) in [5.41, 5.74) is 0.721. The molecule has 5 heteroatoms. The van der Waals surface area contributed by atoms with E-state index in [1.807, 2.05) is 39.9 Å². The van der Waals surface area contributed by atoms with E-state index in [1.54, 1.807) is 0 Å². The van der Waals surface area contributed by atoms with Crippen LogP contribution in [0.1, 0.15) is 36.5 Å². The zero-order valence-electron chi connectivity index (χ0n) is 12.3. The summed E-state index contributed by atoms with van der Waals surface area (Å²) in [5.74, 6) is 0.282. The maximum Gasteiger partial charge on any atom is 0.255 e. The minimum atomic E-state index is 0.0613. The highest BCUT2D eigenvalue weighted by molar-refractivity contribution is 5.94. The standard InChI is InChI=1S/C15H23N3O2/c1-3-4-5-14(19)17-8-10-18(11-9-17)15(20)13-6-7-16(2)12-13/h6-7,12H,3-5,8-11H2,1-2H3. The lowest BCUT2D eigenvalue weighted by molar-refractivity contribution is -0.132. The van der Waals surface area contributed by atoms with E-state index < -0.39 is 0 Å². The summed E-state index contributed by atoms with van der Waals surface area (Å²) in [5, 5.41) is 0. The van der Waals surface area contributed by atoms with Gasteiger partial charge in [-0.15, -0.1) is 0 Å². The first-order chi connectivity index (χ1) is 9.61. The zero-order chi connectivity index (χ0) is 14.5. The Morgan fingerprint density at radius 1 is 1.15 bits per heavy atom. The maximum absolute atomic E-state index is 12.3. The van der Waals surface area contributed by atoms with Gasteiger partial charge in [0.25, 0.3) is 5.91 Å². The van der Waals surface area contributed by atoms with E-state index in [0.29, 0.717) is 32.6 Å². The van der Waals surface area contributed by atoms with Gasteiger partial charge >= 0.3 is 0 Å². The summed E-state index contributed by atoms with van der Waals surface area (Å²) < 4.78 is 1.87. The van der Waals surface area contributed by atoms with Crippen LogP contribution < -0.4 is 0 Å². The highest BCUT2D eigenvalue weighted by Crippen LogP contribution is 2.10. The number of amides is 2. The lowest BCUT2D eigenvalue weighted by Gasteiger charge is -2.34. The number of nitrogens with zero attached hydrogens (tertiary/aromatic N) is 3. The molecule has 1 aliphatic heterocycles. The molecule has 2 rings (SSSR count). The van der Waals surface area contributed by atoms with Crippen LogP contribution in [0.3, 0.4) is 0 Å². The summed E-state index contributed by atoms with van der Waals surface area (Å²) in [6, 6.07) is 1.83. The van der Waals surface area contributed by atoms with Gasteiger partial charge in [0.1, 0.15) is 0 Å². The second-order valence-corrected chi connectivity index (χ2v) is 5.34. The number of unbranched alkanes of at least 4 members (excludes halogenated alkanes) is 1. The molecule has 2 heterocycles. The molecule has 5 nitrogen and oxygen atoms in total. The Morgan fingerprint density at radius 3 is 2.35 bits per heavy atom. The Bertz CT molecular complexity index is 473. The van der Waals surface area contributed by atoms with Crippen LogP contribution in [-0.2, 0) is 11.8 Å². The number of carbonyl (C=O) groups is 2. The summed E-state index contributed by atoms with van der Waals surface area (Å²) in [7, 11) is 1.90. The van der Waals surface area contributed by atoms with Crippen LogP contribution in [0.5, 0.6) is 0 Å². The Hall–Kier alpha value is -1.78. The normalized spacial score (nSPS) is 15.5. The monoisotopic (exact) mass is 277 g/mol. The van der Waals surface area contributed by atoms with Gasteiger partial charge in [-0.25, -0.2) is 0 Å². The van der Waals surface area contributed by atoms with Crippen molar-refractivity contribution in [1.29, 1.82) is 0 Å². The Labute approximate surface area is 120 Å². The van der Waals surface area contributed by atoms with E-state index in [0.717, 1.165) is 18.4 Å². The van der Waals surface area contributed by atoms with Crippen LogP contribution in [0, 0.1) is 0 Å². The van der Waals surface area contributed by atoms with E-state index in [1.165, 1.54) is 0 Å².